The van der Waals surface area contributed by atoms with E-state index in [1.54, 1.807) is 5.38 Å². The minimum Gasteiger partial charge on any atom is -0.433 e. The van der Waals surface area contributed by atoms with Gasteiger partial charge in [0.05, 0.1) is 0 Å². The molecule has 130 valence electrons. The topological polar surface area (TPSA) is 44.8 Å². The number of amides is 1. The maximum atomic E-state index is 12.2. The largest absolute Gasteiger partial charge is 0.433 e. The Morgan fingerprint density at radius 3 is 2.70 bits per heavy atom. The van der Waals surface area contributed by atoms with Gasteiger partial charge < -0.3 is 19.9 Å². The number of likely N-dealkylation sites (N-methyl/N-ethyl adjacent to an activating group) is 1. The van der Waals surface area contributed by atoms with Crippen LogP contribution in [0.5, 0.6) is 5.75 Å². The molecular weight excluding hydrogens is 324 g/mol. The van der Waals surface area contributed by atoms with E-state index in [0.29, 0.717) is 6.54 Å². The number of alkyl halides is 2. The lowest BCUT2D eigenvalue weighted by Gasteiger charge is -2.33. The fraction of sp³-hybridized carbons (Fsp3) is 0.667. The standard InChI is InChI=1S/C15H23F2N3O2S/c1-2-19-7-9-20(10-8-19)6-3-5-18-14(21)13-12(4-11-23-13)22-15(16)17/h4,11,15H,2-3,5-10H2,1H3,(H,18,21). The number of nitrogens with one attached hydrogen (secondary N) is 1. The first-order valence-electron chi connectivity index (χ1n) is 7.85. The Bertz CT molecular complexity index is 491. The predicted octanol–water partition coefficient (Wildman–Crippen LogP) is 2.11. The molecule has 0 bridgehead atoms. The van der Waals surface area contributed by atoms with Crippen LogP contribution in [0.15, 0.2) is 11.4 Å². The summed E-state index contributed by atoms with van der Waals surface area (Å²) in [6.07, 6.45) is 0.842. The normalized spacial score (nSPS) is 16.7. The molecule has 0 atom stereocenters. The van der Waals surface area contributed by atoms with Crippen LogP contribution in [0, 0.1) is 0 Å². The Morgan fingerprint density at radius 2 is 2.04 bits per heavy atom. The van der Waals surface area contributed by atoms with Crippen molar-refractivity contribution in [3.8, 4) is 5.75 Å². The van der Waals surface area contributed by atoms with Crippen LogP contribution in [0.2, 0.25) is 0 Å². The van der Waals surface area contributed by atoms with Gasteiger partial charge in [0.1, 0.15) is 10.6 Å². The van der Waals surface area contributed by atoms with Gasteiger partial charge in [-0.3, -0.25) is 4.79 Å². The van der Waals surface area contributed by atoms with Crippen LogP contribution in [-0.2, 0) is 0 Å². The van der Waals surface area contributed by atoms with E-state index in [4.69, 9.17) is 0 Å². The van der Waals surface area contributed by atoms with E-state index in [-0.39, 0.29) is 16.5 Å². The summed E-state index contributed by atoms with van der Waals surface area (Å²) in [5, 5.41) is 4.34. The molecule has 1 saturated heterocycles. The maximum Gasteiger partial charge on any atom is 0.387 e. The van der Waals surface area contributed by atoms with Crippen molar-refractivity contribution in [2.24, 2.45) is 0 Å². The van der Waals surface area contributed by atoms with Crippen molar-refractivity contribution < 1.29 is 18.3 Å². The van der Waals surface area contributed by atoms with E-state index in [2.05, 4.69) is 26.8 Å². The van der Waals surface area contributed by atoms with Crippen LogP contribution in [0.1, 0.15) is 23.0 Å². The molecule has 2 rings (SSSR count). The van der Waals surface area contributed by atoms with E-state index in [0.717, 1.165) is 57.0 Å². The van der Waals surface area contributed by atoms with Crippen LogP contribution in [0.4, 0.5) is 8.78 Å². The highest BCUT2D eigenvalue weighted by atomic mass is 32.1. The zero-order valence-corrected chi connectivity index (χ0v) is 14.1. The number of carbonyl (C=O) groups is 1. The zero-order valence-electron chi connectivity index (χ0n) is 13.3. The second kappa shape index (κ2) is 9.14. The smallest absolute Gasteiger partial charge is 0.387 e. The molecule has 1 fully saturated rings. The summed E-state index contributed by atoms with van der Waals surface area (Å²) in [6.45, 7) is 6.09. The quantitative estimate of drug-likeness (QED) is 0.732. The molecule has 23 heavy (non-hydrogen) atoms. The summed E-state index contributed by atoms with van der Waals surface area (Å²) in [5.74, 6) is -0.412. The molecule has 1 aromatic heterocycles. The van der Waals surface area contributed by atoms with E-state index in [9.17, 15) is 13.6 Å². The second-order valence-electron chi connectivity index (χ2n) is 5.38. The highest BCUT2D eigenvalue weighted by molar-refractivity contribution is 7.12. The third kappa shape index (κ3) is 5.71. The van der Waals surface area contributed by atoms with Crippen LogP contribution in [-0.4, -0.2) is 68.1 Å². The van der Waals surface area contributed by atoms with Crippen molar-refractivity contribution in [2.45, 2.75) is 20.0 Å². The number of thiophene rings is 1. The predicted molar refractivity (Wildman–Crippen MR) is 86.5 cm³/mol. The molecule has 0 radical (unpaired) electrons. The van der Waals surface area contributed by atoms with E-state index < -0.39 is 6.61 Å². The summed E-state index contributed by atoms with van der Waals surface area (Å²) in [5.41, 5.74) is 0. The first kappa shape index (κ1) is 18.1. The third-order valence-corrected chi connectivity index (χ3v) is 4.79. The number of hydrogen-bond donors (Lipinski definition) is 1. The summed E-state index contributed by atoms with van der Waals surface area (Å²) in [6, 6.07) is 1.39. The molecule has 0 spiro atoms. The molecule has 8 heteroatoms. The van der Waals surface area contributed by atoms with Gasteiger partial charge in [-0.05, 0) is 31.0 Å². The summed E-state index contributed by atoms with van der Waals surface area (Å²) < 4.78 is 28.8. The number of rotatable bonds is 8. The molecule has 1 amide bonds. The molecule has 0 saturated carbocycles. The van der Waals surface area contributed by atoms with Gasteiger partial charge in [-0.15, -0.1) is 11.3 Å². The highest BCUT2D eigenvalue weighted by Crippen LogP contribution is 2.26. The molecule has 0 aromatic carbocycles. The number of halogens is 2. The monoisotopic (exact) mass is 347 g/mol. The summed E-state index contributed by atoms with van der Waals surface area (Å²) in [7, 11) is 0. The van der Waals surface area contributed by atoms with Gasteiger partial charge in [0.15, 0.2) is 0 Å². The van der Waals surface area contributed by atoms with Crippen LogP contribution in [0.25, 0.3) is 0 Å². The number of hydrogen-bond acceptors (Lipinski definition) is 5. The molecular formula is C15H23F2N3O2S. The van der Waals surface area contributed by atoms with Crippen molar-refractivity contribution in [1.29, 1.82) is 0 Å². The minimum absolute atomic E-state index is 0.0572. The van der Waals surface area contributed by atoms with E-state index in [1.807, 2.05) is 0 Å². The van der Waals surface area contributed by atoms with Gasteiger partial charge in [-0.25, -0.2) is 0 Å². The van der Waals surface area contributed by atoms with Gasteiger partial charge >= 0.3 is 6.61 Å². The second-order valence-corrected chi connectivity index (χ2v) is 6.29. The highest BCUT2D eigenvalue weighted by Gasteiger charge is 2.18. The van der Waals surface area contributed by atoms with Gasteiger partial charge in [0, 0.05) is 32.7 Å². The fourth-order valence-corrected chi connectivity index (χ4v) is 3.31. The molecule has 0 unspecified atom stereocenters. The molecule has 5 nitrogen and oxygen atoms in total. The Labute approximate surface area is 139 Å². The van der Waals surface area contributed by atoms with Crippen LogP contribution < -0.4 is 10.1 Å². The maximum absolute atomic E-state index is 12.2. The summed E-state index contributed by atoms with van der Waals surface area (Å²) >= 11 is 1.10. The van der Waals surface area contributed by atoms with Crippen molar-refractivity contribution in [1.82, 2.24) is 15.1 Å². The van der Waals surface area contributed by atoms with Crippen LogP contribution in [0.3, 0.4) is 0 Å². The first-order chi connectivity index (χ1) is 11.1. The van der Waals surface area contributed by atoms with E-state index >= 15 is 0 Å². The molecule has 1 aromatic rings. The Kier molecular flexibility index (Phi) is 7.19. The fourth-order valence-electron chi connectivity index (χ4n) is 2.57. The zero-order chi connectivity index (χ0) is 16.7. The van der Waals surface area contributed by atoms with Gasteiger partial charge in [-0.2, -0.15) is 8.78 Å². The molecule has 0 aliphatic carbocycles. The lowest BCUT2D eigenvalue weighted by atomic mass is 10.3. The van der Waals surface area contributed by atoms with Crippen molar-refractivity contribution in [2.75, 3.05) is 45.8 Å². The van der Waals surface area contributed by atoms with Gasteiger partial charge in [0.25, 0.3) is 5.91 Å². The van der Waals surface area contributed by atoms with Crippen molar-refractivity contribution >= 4 is 17.2 Å². The average molecular weight is 347 g/mol. The first-order valence-corrected chi connectivity index (χ1v) is 8.73. The Balaban J connectivity index is 1.66. The number of carbonyl (C=O) groups excluding carboxylic acids is 1. The summed E-state index contributed by atoms with van der Waals surface area (Å²) in [4.78, 5) is 17.0. The van der Waals surface area contributed by atoms with Crippen molar-refractivity contribution in [3.05, 3.63) is 16.3 Å². The Hall–Kier alpha value is -1.25. The number of piperazine rings is 1. The molecule has 1 aliphatic rings. The lowest BCUT2D eigenvalue weighted by Crippen LogP contribution is -2.46. The van der Waals surface area contributed by atoms with Crippen LogP contribution >= 0.6 is 11.3 Å². The number of nitrogens with zero attached hydrogens (tertiary/aromatic N) is 2. The molecule has 1 aliphatic heterocycles. The third-order valence-electron chi connectivity index (χ3n) is 3.90. The van der Waals surface area contributed by atoms with Gasteiger partial charge in [0.2, 0.25) is 0 Å². The van der Waals surface area contributed by atoms with E-state index in [1.165, 1.54) is 6.07 Å². The van der Waals surface area contributed by atoms with Gasteiger partial charge in [-0.1, -0.05) is 6.92 Å². The molecule has 2 heterocycles. The number of ether oxygens (including phenoxy) is 1. The SMILES string of the molecule is CCN1CCN(CCCNC(=O)c2sccc2OC(F)F)CC1. The average Bonchev–Trinajstić information content (AvgIpc) is 2.99. The minimum atomic E-state index is -2.92. The lowest BCUT2D eigenvalue weighted by molar-refractivity contribution is -0.0498. The molecule has 1 N–H and O–H groups in total. The van der Waals surface area contributed by atoms with Crippen molar-refractivity contribution in [3.63, 3.8) is 0 Å². The Morgan fingerprint density at radius 1 is 1.35 bits per heavy atom.